The lowest BCUT2D eigenvalue weighted by Crippen LogP contribution is -2.20. The number of rotatable bonds is 7. The number of carbonyl (C=O) groups is 2. The number of esters is 1. The molecular formula is C16H15F2N3O5S. The van der Waals surface area contributed by atoms with E-state index < -0.39 is 24.2 Å². The highest BCUT2D eigenvalue weighted by molar-refractivity contribution is 8.00. The number of carbonyl (C=O) groups excluding carboxylic acids is 2. The molecule has 0 fully saturated rings. The van der Waals surface area contributed by atoms with Gasteiger partial charge in [-0.05, 0) is 31.2 Å². The minimum Gasteiger partial charge on any atom is -0.465 e. The van der Waals surface area contributed by atoms with Crippen LogP contribution < -0.4 is 15.7 Å². The monoisotopic (exact) mass is 399 g/mol. The van der Waals surface area contributed by atoms with E-state index in [4.69, 9.17) is 0 Å². The van der Waals surface area contributed by atoms with Gasteiger partial charge in [0.1, 0.15) is 16.3 Å². The van der Waals surface area contributed by atoms with E-state index in [1.165, 1.54) is 38.3 Å². The zero-order chi connectivity index (χ0) is 20.0. The topological polar surface area (TPSA) is 110 Å². The van der Waals surface area contributed by atoms with E-state index in [0.717, 1.165) is 11.8 Å². The molecule has 0 radical (unpaired) electrons. The minimum atomic E-state index is -2.93. The van der Waals surface area contributed by atoms with Gasteiger partial charge in [0.25, 0.3) is 0 Å². The van der Waals surface area contributed by atoms with E-state index in [0.29, 0.717) is 5.69 Å². The Bertz CT molecular complexity index is 887. The predicted octanol–water partition coefficient (Wildman–Crippen LogP) is 2.20. The number of alkyl halides is 2. The minimum absolute atomic E-state index is 0.0386. The van der Waals surface area contributed by atoms with Crippen LogP contribution in [0.3, 0.4) is 0 Å². The number of aromatic nitrogens is 2. The molecule has 0 saturated heterocycles. The molecule has 11 heteroatoms. The SMILES string of the molecule is COC(=O)c1c(SCC(=O)Nc2ccc(OC(F)F)cc2)nc(=O)[nH]c1C. The van der Waals surface area contributed by atoms with Crippen LogP contribution in [0, 0.1) is 6.92 Å². The van der Waals surface area contributed by atoms with Gasteiger partial charge in [-0.2, -0.15) is 13.8 Å². The Morgan fingerprint density at radius 1 is 1.30 bits per heavy atom. The van der Waals surface area contributed by atoms with Crippen LogP contribution in [0.5, 0.6) is 5.75 Å². The number of hydrogen-bond acceptors (Lipinski definition) is 7. The number of methoxy groups -OCH3 is 1. The van der Waals surface area contributed by atoms with Crippen LogP contribution in [0.15, 0.2) is 34.1 Å². The summed E-state index contributed by atoms with van der Waals surface area (Å²) in [5.74, 6) is -1.31. The Morgan fingerprint density at radius 3 is 2.56 bits per heavy atom. The lowest BCUT2D eigenvalue weighted by Gasteiger charge is -2.09. The summed E-state index contributed by atoms with van der Waals surface area (Å²) in [4.78, 5) is 41.5. The van der Waals surface area contributed by atoms with E-state index in [2.05, 4.69) is 24.8 Å². The molecule has 0 bridgehead atoms. The van der Waals surface area contributed by atoms with Gasteiger partial charge in [-0.25, -0.2) is 9.59 Å². The van der Waals surface area contributed by atoms with Crippen LogP contribution in [0.25, 0.3) is 0 Å². The standard InChI is InChI=1S/C16H15F2N3O5S/c1-8-12(14(23)25-2)13(21-16(24)19-8)27-7-11(22)20-9-3-5-10(6-4-9)26-15(17)18/h3-6,15H,7H2,1-2H3,(H,20,22)(H,19,21,24). The van der Waals surface area contributed by atoms with Crippen LogP contribution in [0.4, 0.5) is 14.5 Å². The summed E-state index contributed by atoms with van der Waals surface area (Å²) in [6, 6.07) is 5.36. The van der Waals surface area contributed by atoms with Gasteiger partial charge in [-0.1, -0.05) is 11.8 Å². The van der Waals surface area contributed by atoms with Crippen molar-refractivity contribution < 1.29 is 27.8 Å². The summed E-state index contributed by atoms with van der Waals surface area (Å²) in [7, 11) is 1.19. The maximum atomic E-state index is 12.1. The number of nitrogens with one attached hydrogen (secondary N) is 2. The van der Waals surface area contributed by atoms with Crippen molar-refractivity contribution in [2.45, 2.75) is 18.6 Å². The molecule has 0 saturated carbocycles. The number of aryl methyl sites for hydroxylation is 1. The summed E-state index contributed by atoms with van der Waals surface area (Å²) < 4.78 is 33.1. The Hall–Kier alpha value is -2.95. The smallest absolute Gasteiger partial charge is 0.387 e. The van der Waals surface area contributed by atoms with E-state index in [1.807, 2.05) is 0 Å². The van der Waals surface area contributed by atoms with E-state index in [-0.39, 0.29) is 27.8 Å². The molecule has 0 aliphatic heterocycles. The summed E-state index contributed by atoms with van der Waals surface area (Å²) in [6.45, 7) is -1.42. The van der Waals surface area contributed by atoms with Crippen LogP contribution in [-0.4, -0.2) is 41.3 Å². The van der Waals surface area contributed by atoms with Crippen LogP contribution in [0.1, 0.15) is 16.1 Å². The number of aromatic amines is 1. The number of ether oxygens (including phenoxy) is 2. The Morgan fingerprint density at radius 2 is 1.96 bits per heavy atom. The van der Waals surface area contributed by atoms with Crippen molar-refractivity contribution in [3.63, 3.8) is 0 Å². The van der Waals surface area contributed by atoms with E-state index in [1.54, 1.807) is 0 Å². The normalized spacial score (nSPS) is 10.6. The van der Waals surface area contributed by atoms with Crippen molar-refractivity contribution in [3.8, 4) is 5.75 Å². The van der Waals surface area contributed by atoms with Gasteiger partial charge in [0.15, 0.2) is 0 Å². The molecule has 0 unspecified atom stereocenters. The van der Waals surface area contributed by atoms with Gasteiger partial charge < -0.3 is 19.8 Å². The van der Waals surface area contributed by atoms with Crippen molar-refractivity contribution in [1.82, 2.24) is 9.97 Å². The van der Waals surface area contributed by atoms with Gasteiger partial charge in [0.2, 0.25) is 5.91 Å². The fourth-order valence-corrected chi connectivity index (χ4v) is 2.93. The maximum absolute atomic E-state index is 12.1. The van der Waals surface area contributed by atoms with Gasteiger partial charge in [-0.3, -0.25) is 4.79 Å². The van der Waals surface area contributed by atoms with Gasteiger partial charge in [0, 0.05) is 11.4 Å². The van der Waals surface area contributed by atoms with Gasteiger partial charge >= 0.3 is 18.3 Å². The second-order valence-corrected chi connectivity index (χ2v) is 6.04. The first-order valence-corrected chi connectivity index (χ1v) is 8.45. The third-order valence-corrected chi connectivity index (χ3v) is 4.15. The Balaban J connectivity index is 2.03. The largest absolute Gasteiger partial charge is 0.465 e. The molecule has 144 valence electrons. The van der Waals surface area contributed by atoms with Crippen molar-refractivity contribution in [2.75, 3.05) is 18.2 Å². The first-order valence-electron chi connectivity index (χ1n) is 7.47. The Labute approximate surface area is 156 Å². The zero-order valence-electron chi connectivity index (χ0n) is 14.2. The van der Waals surface area contributed by atoms with Gasteiger partial charge in [0.05, 0.1) is 12.9 Å². The van der Waals surface area contributed by atoms with E-state index >= 15 is 0 Å². The lowest BCUT2D eigenvalue weighted by atomic mass is 10.2. The highest BCUT2D eigenvalue weighted by atomic mass is 32.2. The summed E-state index contributed by atoms with van der Waals surface area (Å²) >= 11 is 0.890. The number of nitrogens with zero attached hydrogens (tertiary/aromatic N) is 1. The van der Waals surface area contributed by atoms with Crippen molar-refractivity contribution in [3.05, 3.63) is 46.0 Å². The molecule has 0 spiro atoms. The number of hydrogen-bond donors (Lipinski definition) is 2. The molecule has 2 aromatic rings. The molecule has 2 rings (SSSR count). The van der Waals surface area contributed by atoms with Gasteiger partial charge in [-0.15, -0.1) is 0 Å². The molecule has 0 atom stereocenters. The molecule has 27 heavy (non-hydrogen) atoms. The molecule has 1 aromatic carbocycles. The van der Waals surface area contributed by atoms with Crippen LogP contribution in [-0.2, 0) is 9.53 Å². The number of thioether (sulfide) groups is 1. The average molecular weight is 399 g/mol. The number of anilines is 1. The third-order valence-electron chi connectivity index (χ3n) is 3.18. The first-order chi connectivity index (χ1) is 12.8. The quantitative estimate of drug-likeness (QED) is 0.417. The van der Waals surface area contributed by atoms with Crippen molar-refractivity contribution >= 4 is 29.3 Å². The molecular weight excluding hydrogens is 384 g/mol. The predicted molar refractivity (Wildman–Crippen MR) is 93.4 cm³/mol. The molecule has 1 aromatic heterocycles. The fraction of sp³-hybridized carbons (Fsp3) is 0.250. The third kappa shape index (κ3) is 5.78. The zero-order valence-corrected chi connectivity index (χ0v) is 15.1. The highest BCUT2D eigenvalue weighted by Gasteiger charge is 2.19. The van der Waals surface area contributed by atoms with Crippen molar-refractivity contribution in [1.29, 1.82) is 0 Å². The molecule has 8 nitrogen and oxygen atoms in total. The molecule has 1 amide bonds. The summed E-state index contributed by atoms with van der Waals surface area (Å²) in [5.41, 5.74) is 0.0610. The second kappa shape index (κ2) is 9.12. The average Bonchev–Trinajstić information content (AvgIpc) is 2.60. The first kappa shape index (κ1) is 20.4. The molecule has 0 aliphatic carbocycles. The number of halogens is 2. The Kier molecular flexibility index (Phi) is 6.88. The van der Waals surface area contributed by atoms with Crippen LogP contribution >= 0.6 is 11.8 Å². The highest BCUT2D eigenvalue weighted by Crippen LogP contribution is 2.22. The maximum Gasteiger partial charge on any atom is 0.387 e. The van der Waals surface area contributed by atoms with Crippen LogP contribution in [0.2, 0.25) is 0 Å². The summed E-state index contributed by atoms with van der Waals surface area (Å²) in [5, 5.41) is 2.62. The van der Waals surface area contributed by atoms with E-state index in [9.17, 15) is 23.2 Å². The lowest BCUT2D eigenvalue weighted by molar-refractivity contribution is -0.113. The molecule has 1 heterocycles. The molecule has 2 N–H and O–H groups in total. The number of benzene rings is 1. The van der Waals surface area contributed by atoms with Crippen molar-refractivity contribution in [2.24, 2.45) is 0 Å². The number of amides is 1. The fourth-order valence-electron chi connectivity index (χ4n) is 2.06. The number of H-pyrrole nitrogens is 1. The molecule has 0 aliphatic rings. The summed E-state index contributed by atoms with van der Waals surface area (Å²) in [6.07, 6.45) is 0. The second-order valence-electron chi connectivity index (χ2n) is 5.08.